The zero-order valence-corrected chi connectivity index (χ0v) is 10.6. The lowest BCUT2D eigenvalue weighted by atomic mass is 9.80. The molecule has 1 aliphatic rings. The van der Waals surface area contributed by atoms with E-state index in [1.807, 2.05) is 13.8 Å². The number of carbonyl (C=O) groups is 1. The third-order valence-corrected chi connectivity index (χ3v) is 3.30. The highest BCUT2D eigenvalue weighted by Gasteiger charge is 2.37. The van der Waals surface area contributed by atoms with Crippen molar-refractivity contribution in [2.75, 3.05) is 13.7 Å². The number of hydrogen-bond acceptors (Lipinski definition) is 3. The zero-order chi connectivity index (χ0) is 12.2. The lowest BCUT2D eigenvalue weighted by molar-refractivity contribution is -0.125. The van der Waals surface area contributed by atoms with E-state index in [9.17, 15) is 4.79 Å². The van der Waals surface area contributed by atoms with E-state index in [-0.39, 0.29) is 17.0 Å². The van der Waals surface area contributed by atoms with E-state index < -0.39 is 0 Å². The van der Waals surface area contributed by atoms with Crippen LogP contribution < -0.4 is 11.1 Å². The minimum atomic E-state index is -0.271. The van der Waals surface area contributed by atoms with Crippen LogP contribution in [0.1, 0.15) is 46.0 Å². The largest absolute Gasteiger partial charge is 0.376 e. The van der Waals surface area contributed by atoms with Gasteiger partial charge in [0, 0.05) is 25.6 Å². The maximum absolute atomic E-state index is 11.6. The predicted octanol–water partition coefficient (Wildman–Crippen LogP) is 1.19. The van der Waals surface area contributed by atoms with E-state index in [0.717, 1.165) is 12.8 Å². The molecule has 4 nitrogen and oxygen atoms in total. The van der Waals surface area contributed by atoms with Crippen LogP contribution in [0, 0.1) is 0 Å². The quantitative estimate of drug-likeness (QED) is 0.717. The maximum Gasteiger partial charge on any atom is 0.220 e. The number of carbonyl (C=O) groups excluding carboxylic acids is 1. The molecular weight excluding hydrogens is 204 g/mol. The van der Waals surface area contributed by atoms with E-state index in [1.165, 1.54) is 6.42 Å². The van der Waals surface area contributed by atoms with Gasteiger partial charge >= 0.3 is 0 Å². The van der Waals surface area contributed by atoms with Crippen molar-refractivity contribution >= 4 is 5.91 Å². The Bertz CT molecular complexity index is 236. The Labute approximate surface area is 97.9 Å². The van der Waals surface area contributed by atoms with Gasteiger partial charge in [-0.1, -0.05) is 0 Å². The Morgan fingerprint density at radius 2 is 2.12 bits per heavy atom. The van der Waals surface area contributed by atoms with Crippen molar-refractivity contribution < 1.29 is 9.53 Å². The minimum absolute atomic E-state index is 0.0712. The monoisotopic (exact) mass is 228 g/mol. The molecule has 0 saturated heterocycles. The number of nitrogens with two attached hydrogens (primary N) is 1. The minimum Gasteiger partial charge on any atom is -0.376 e. The average molecular weight is 228 g/mol. The highest BCUT2D eigenvalue weighted by atomic mass is 16.5. The fraction of sp³-hybridized carbons (Fsp3) is 0.917. The van der Waals surface area contributed by atoms with Crippen LogP contribution >= 0.6 is 0 Å². The molecule has 1 rings (SSSR count). The second-order valence-corrected chi connectivity index (χ2v) is 5.51. The van der Waals surface area contributed by atoms with Crippen LogP contribution in [0.25, 0.3) is 0 Å². The number of rotatable bonds is 6. The molecule has 0 aromatic heterocycles. The molecule has 0 spiro atoms. The number of hydrogen-bond donors (Lipinski definition) is 2. The Morgan fingerprint density at radius 1 is 1.50 bits per heavy atom. The summed E-state index contributed by atoms with van der Waals surface area (Å²) in [7, 11) is 1.72. The molecule has 0 aromatic rings. The molecule has 0 atom stereocenters. The summed E-state index contributed by atoms with van der Waals surface area (Å²) in [6.07, 6.45) is 4.49. The first-order chi connectivity index (χ1) is 7.37. The van der Waals surface area contributed by atoms with Crippen LogP contribution in [0.3, 0.4) is 0 Å². The molecule has 1 fully saturated rings. The van der Waals surface area contributed by atoms with Crippen molar-refractivity contribution in [3.05, 3.63) is 0 Å². The van der Waals surface area contributed by atoms with Crippen LogP contribution in [0.4, 0.5) is 0 Å². The van der Waals surface area contributed by atoms with Gasteiger partial charge in [-0.2, -0.15) is 0 Å². The fourth-order valence-corrected chi connectivity index (χ4v) is 1.81. The molecule has 4 heteroatoms. The van der Waals surface area contributed by atoms with E-state index in [4.69, 9.17) is 10.5 Å². The highest BCUT2D eigenvalue weighted by molar-refractivity contribution is 5.76. The van der Waals surface area contributed by atoms with Gasteiger partial charge in [-0.3, -0.25) is 4.79 Å². The van der Waals surface area contributed by atoms with Gasteiger partial charge in [0.25, 0.3) is 0 Å². The molecule has 1 aliphatic carbocycles. The SMILES string of the molecule is COC1(CNC(=O)CCC(C)(C)N)CCC1. The number of amides is 1. The molecule has 0 bridgehead atoms. The van der Waals surface area contributed by atoms with Gasteiger partial charge in [0.05, 0.1) is 5.60 Å². The molecule has 1 amide bonds. The molecule has 94 valence electrons. The van der Waals surface area contributed by atoms with E-state index >= 15 is 0 Å². The normalized spacial score (nSPS) is 19.0. The van der Waals surface area contributed by atoms with E-state index in [1.54, 1.807) is 7.11 Å². The number of ether oxygens (including phenoxy) is 1. The standard InChI is InChI=1S/C12H24N2O2/c1-11(2,13)8-5-10(15)14-9-12(16-3)6-4-7-12/h4-9,13H2,1-3H3,(H,14,15). The van der Waals surface area contributed by atoms with Gasteiger partial charge in [-0.25, -0.2) is 0 Å². The summed E-state index contributed by atoms with van der Waals surface area (Å²) in [5.41, 5.74) is 5.46. The van der Waals surface area contributed by atoms with Crippen LogP contribution in [-0.2, 0) is 9.53 Å². The van der Waals surface area contributed by atoms with Gasteiger partial charge in [0.2, 0.25) is 5.91 Å². The average Bonchev–Trinajstić information content (AvgIpc) is 2.13. The summed E-state index contributed by atoms with van der Waals surface area (Å²) < 4.78 is 5.43. The smallest absolute Gasteiger partial charge is 0.220 e. The molecule has 1 saturated carbocycles. The third-order valence-electron chi connectivity index (χ3n) is 3.30. The van der Waals surface area contributed by atoms with Crippen molar-refractivity contribution in [3.8, 4) is 0 Å². The molecule has 0 radical (unpaired) electrons. The Kier molecular flexibility index (Phi) is 4.33. The molecule has 0 unspecified atom stereocenters. The van der Waals surface area contributed by atoms with Gasteiger partial charge in [0.15, 0.2) is 0 Å². The van der Waals surface area contributed by atoms with Gasteiger partial charge in [-0.05, 0) is 39.5 Å². The fourth-order valence-electron chi connectivity index (χ4n) is 1.81. The highest BCUT2D eigenvalue weighted by Crippen LogP contribution is 2.34. The van der Waals surface area contributed by atoms with E-state index in [2.05, 4.69) is 5.32 Å². The zero-order valence-electron chi connectivity index (χ0n) is 10.6. The second kappa shape index (κ2) is 5.15. The lowest BCUT2D eigenvalue weighted by Crippen LogP contribution is -2.49. The van der Waals surface area contributed by atoms with Crippen LogP contribution in [0.15, 0.2) is 0 Å². The summed E-state index contributed by atoms with van der Waals surface area (Å²) >= 11 is 0. The topological polar surface area (TPSA) is 64.3 Å². The van der Waals surface area contributed by atoms with Crippen LogP contribution in [0.2, 0.25) is 0 Å². The summed E-state index contributed by atoms with van der Waals surface area (Å²) in [4.78, 5) is 11.6. The molecule has 0 heterocycles. The molecule has 0 aromatic carbocycles. The number of nitrogens with one attached hydrogen (secondary N) is 1. The number of methoxy groups -OCH3 is 1. The summed E-state index contributed by atoms with van der Waals surface area (Å²) in [6.45, 7) is 4.50. The summed E-state index contributed by atoms with van der Waals surface area (Å²) in [5.74, 6) is 0.0712. The predicted molar refractivity (Wildman–Crippen MR) is 64.1 cm³/mol. The van der Waals surface area contributed by atoms with Crippen molar-refractivity contribution in [2.24, 2.45) is 5.73 Å². The van der Waals surface area contributed by atoms with E-state index in [0.29, 0.717) is 19.4 Å². The van der Waals surface area contributed by atoms with Gasteiger partial charge in [0.1, 0.15) is 0 Å². The molecule has 3 N–H and O–H groups in total. The van der Waals surface area contributed by atoms with Crippen molar-refractivity contribution in [2.45, 2.75) is 57.1 Å². The molecule has 0 aliphatic heterocycles. The third kappa shape index (κ3) is 4.10. The Hall–Kier alpha value is -0.610. The lowest BCUT2D eigenvalue weighted by Gasteiger charge is -2.40. The van der Waals surface area contributed by atoms with Crippen LogP contribution in [-0.4, -0.2) is 30.7 Å². The van der Waals surface area contributed by atoms with Crippen molar-refractivity contribution in [3.63, 3.8) is 0 Å². The Balaban J connectivity index is 2.20. The van der Waals surface area contributed by atoms with Gasteiger partial charge < -0.3 is 15.8 Å². The maximum atomic E-state index is 11.6. The molecule has 16 heavy (non-hydrogen) atoms. The first kappa shape index (κ1) is 13.5. The van der Waals surface area contributed by atoms with Gasteiger partial charge in [-0.15, -0.1) is 0 Å². The first-order valence-electron chi connectivity index (χ1n) is 5.98. The summed E-state index contributed by atoms with van der Waals surface area (Å²) in [6, 6.07) is 0. The molecular formula is C12H24N2O2. The van der Waals surface area contributed by atoms with Crippen molar-refractivity contribution in [1.82, 2.24) is 5.32 Å². The first-order valence-corrected chi connectivity index (χ1v) is 5.98. The Morgan fingerprint density at radius 3 is 2.50 bits per heavy atom. The van der Waals surface area contributed by atoms with Crippen LogP contribution in [0.5, 0.6) is 0 Å². The second-order valence-electron chi connectivity index (χ2n) is 5.51. The van der Waals surface area contributed by atoms with Crippen molar-refractivity contribution in [1.29, 1.82) is 0 Å². The summed E-state index contributed by atoms with van der Waals surface area (Å²) in [5, 5.41) is 2.93.